The van der Waals surface area contributed by atoms with Crippen LogP contribution in [-0.4, -0.2) is 56.7 Å². The quantitative estimate of drug-likeness (QED) is 0.627. The van der Waals surface area contributed by atoms with E-state index < -0.39 is 11.9 Å². The van der Waals surface area contributed by atoms with Gasteiger partial charge >= 0.3 is 6.18 Å². The molecule has 0 unspecified atom stereocenters. The second kappa shape index (κ2) is 8.57. The van der Waals surface area contributed by atoms with Crippen molar-refractivity contribution in [3.8, 4) is 5.69 Å². The molecule has 3 heterocycles. The van der Waals surface area contributed by atoms with Gasteiger partial charge in [0.1, 0.15) is 0 Å². The molecule has 0 spiro atoms. The summed E-state index contributed by atoms with van der Waals surface area (Å²) in [4.78, 5) is 21.3. The highest BCUT2D eigenvalue weighted by atomic mass is 32.1. The summed E-state index contributed by atoms with van der Waals surface area (Å²) in [5.74, 6) is -0.0755. The van der Waals surface area contributed by atoms with Crippen LogP contribution < -0.4 is 0 Å². The summed E-state index contributed by atoms with van der Waals surface area (Å²) < 4.78 is 39.3. The molecule has 0 atom stereocenters. The molecule has 0 radical (unpaired) electrons. The van der Waals surface area contributed by atoms with Crippen molar-refractivity contribution in [1.82, 2.24) is 24.6 Å². The summed E-state index contributed by atoms with van der Waals surface area (Å²) in [5.41, 5.74) is 2.89. The molecule has 1 aromatic carbocycles. The minimum absolute atomic E-state index is 0.0755. The van der Waals surface area contributed by atoms with Gasteiger partial charge in [-0.15, -0.1) is 11.3 Å². The number of nitrogens with zero attached hydrogens (tertiary/aromatic N) is 5. The zero-order valence-electron chi connectivity index (χ0n) is 16.0. The Morgan fingerprint density at radius 2 is 1.87 bits per heavy atom. The summed E-state index contributed by atoms with van der Waals surface area (Å²) in [5, 5.41) is 5.59. The van der Waals surface area contributed by atoms with Crippen LogP contribution >= 0.6 is 11.3 Å². The fourth-order valence-electron chi connectivity index (χ4n) is 3.44. The van der Waals surface area contributed by atoms with Crippen LogP contribution in [0.2, 0.25) is 0 Å². The van der Waals surface area contributed by atoms with E-state index in [4.69, 9.17) is 0 Å². The van der Waals surface area contributed by atoms with Crippen molar-refractivity contribution in [3.63, 3.8) is 0 Å². The van der Waals surface area contributed by atoms with Gasteiger partial charge in [-0.2, -0.15) is 18.3 Å². The molecule has 1 saturated heterocycles. The van der Waals surface area contributed by atoms with E-state index in [0.717, 1.165) is 42.5 Å². The monoisotopic (exact) mass is 435 g/mol. The van der Waals surface area contributed by atoms with Crippen molar-refractivity contribution in [1.29, 1.82) is 0 Å². The molecule has 10 heteroatoms. The summed E-state index contributed by atoms with van der Waals surface area (Å²) in [6, 6.07) is 7.39. The Bertz CT molecular complexity index is 985. The third-order valence-electron chi connectivity index (χ3n) is 5.00. The molecule has 1 fully saturated rings. The number of hydrogen-bond donors (Lipinski definition) is 0. The van der Waals surface area contributed by atoms with Crippen molar-refractivity contribution in [3.05, 3.63) is 64.4 Å². The molecule has 0 aliphatic carbocycles. The first-order valence-corrected chi connectivity index (χ1v) is 10.5. The number of hydrogen-bond acceptors (Lipinski definition) is 5. The van der Waals surface area contributed by atoms with E-state index >= 15 is 0 Å². The minimum Gasteiger partial charge on any atom is -0.337 e. The molecule has 3 aromatic rings. The third-order valence-corrected chi connectivity index (χ3v) is 5.64. The Morgan fingerprint density at radius 1 is 1.07 bits per heavy atom. The number of benzene rings is 1. The normalized spacial score (nSPS) is 15.9. The topological polar surface area (TPSA) is 54.3 Å². The molecule has 0 saturated carbocycles. The van der Waals surface area contributed by atoms with E-state index in [-0.39, 0.29) is 5.91 Å². The van der Waals surface area contributed by atoms with Crippen LogP contribution in [0.25, 0.3) is 5.69 Å². The number of alkyl halides is 3. The van der Waals surface area contributed by atoms with Crippen LogP contribution in [0.5, 0.6) is 0 Å². The first-order valence-electron chi connectivity index (χ1n) is 9.52. The molecule has 2 aromatic heterocycles. The zero-order valence-corrected chi connectivity index (χ0v) is 16.9. The molecule has 6 nitrogen and oxygen atoms in total. The van der Waals surface area contributed by atoms with Gasteiger partial charge in [0.25, 0.3) is 5.91 Å². The fourth-order valence-corrected chi connectivity index (χ4v) is 3.98. The first-order chi connectivity index (χ1) is 14.4. The smallest absolute Gasteiger partial charge is 0.337 e. The average molecular weight is 435 g/mol. The number of halogens is 3. The summed E-state index contributed by atoms with van der Waals surface area (Å²) in [6.07, 6.45) is -2.35. The third kappa shape index (κ3) is 4.71. The van der Waals surface area contributed by atoms with Gasteiger partial charge in [0.05, 0.1) is 16.9 Å². The highest BCUT2D eigenvalue weighted by Gasteiger charge is 2.33. The van der Waals surface area contributed by atoms with Crippen molar-refractivity contribution in [2.24, 2.45) is 0 Å². The summed E-state index contributed by atoms with van der Waals surface area (Å²) >= 11 is 1.57. The Hall–Kier alpha value is -2.72. The number of amides is 1. The Labute approximate surface area is 175 Å². The fraction of sp³-hybridized carbons (Fsp3) is 0.350. The van der Waals surface area contributed by atoms with Gasteiger partial charge in [-0.05, 0) is 36.8 Å². The molecule has 1 aliphatic heterocycles. The Morgan fingerprint density at radius 3 is 2.53 bits per heavy atom. The molecule has 0 N–H and O–H groups in total. The molecular weight excluding hydrogens is 415 g/mol. The van der Waals surface area contributed by atoms with Gasteiger partial charge in [0.2, 0.25) is 0 Å². The lowest BCUT2D eigenvalue weighted by molar-refractivity contribution is -0.141. The molecule has 0 bridgehead atoms. The van der Waals surface area contributed by atoms with Gasteiger partial charge < -0.3 is 4.90 Å². The number of aromatic nitrogens is 3. The first kappa shape index (κ1) is 20.5. The highest BCUT2D eigenvalue weighted by molar-refractivity contribution is 7.07. The van der Waals surface area contributed by atoms with Crippen LogP contribution in [0, 0.1) is 0 Å². The van der Waals surface area contributed by atoms with Gasteiger partial charge in [-0.1, -0.05) is 0 Å². The molecule has 158 valence electrons. The van der Waals surface area contributed by atoms with E-state index in [1.54, 1.807) is 35.6 Å². The number of thiazole rings is 1. The Balaban J connectivity index is 1.39. The second-order valence-corrected chi connectivity index (χ2v) is 7.81. The predicted octanol–water partition coefficient (Wildman–Crippen LogP) is 3.70. The maximum atomic E-state index is 12.9. The van der Waals surface area contributed by atoms with E-state index in [0.29, 0.717) is 24.3 Å². The number of carbonyl (C=O) groups is 1. The summed E-state index contributed by atoms with van der Waals surface area (Å²) in [6.45, 7) is 3.75. The van der Waals surface area contributed by atoms with Gasteiger partial charge in [0, 0.05) is 49.9 Å². The van der Waals surface area contributed by atoms with Crippen molar-refractivity contribution < 1.29 is 18.0 Å². The lowest BCUT2D eigenvalue weighted by Gasteiger charge is -2.21. The van der Waals surface area contributed by atoms with E-state index in [1.165, 1.54) is 6.20 Å². The van der Waals surface area contributed by atoms with E-state index in [1.807, 2.05) is 15.8 Å². The zero-order chi connectivity index (χ0) is 21.1. The second-order valence-electron chi connectivity index (χ2n) is 7.09. The minimum atomic E-state index is -4.48. The van der Waals surface area contributed by atoms with Crippen LogP contribution in [0.4, 0.5) is 13.2 Å². The molecular formula is C20H20F3N5OS. The average Bonchev–Trinajstić information content (AvgIpc) is 3.37. The van der Waals surface area contributed by atoms with E-state index in [9.17, 15) is 18.0 Å². The maximum absolute atomic E-state index is 12.9. The van der Waals surface area contributed by atoms with Gasteiger partial charge in [-0.3, -0.25) is 9.69 Å². The largest absolute Gasteiger partial charge is 0.435 e. The molecule has 1 aliphatic rings. The standard InChI is InChI=1S/C20H20F3N5OS/c21-20(22,23)18-6-9-28(25-18)17-4-2-15(3-5-17)19(29)27-8-1-7-26(10-11-27)12-16-13-30-14-24-16/h2-6,9,13-14H,1,7-8,10-12H2. The molecule has 1 amide bonds. The lowest BCUT2D eigenvalue weighted by atomic mass is 10.1. The van der Waals surface area contributed by atoms with Crippen LogP contribution in [0.3, 0.4) is 0 Å². The van der Waals surface area contributed by atoms with Crippen LogP contribution in [0.1, 0.15) is 28.2 Å². The molecule has 4 rings (SSSR count). The molecule has 30 heavy (non-hydrogen) atoms. The van der Waals surface area contributed by atoms with Crippen LogP contribution in [-0.2, 0) is 12.7 Å². The Kier molecular flexibility index (Phi) is 5.87. The van der Waals surface area contributed by atoms with Crippen LogP contribution in [0.15, 0.2) is 47.4 Å². The van der Waals surface area contributed by atoms with Gasteiger partial charge in [-0.25, -0.2) is 9.67 Å². The lowest BCUT2D eigenvalue weighted by Crippen LogP contribution is -2.35. The highest BCUT2D eigenvalue weighted by Crippen LogP contribution is 2.28. The SMILES string of the molecule is O=C(c1ccc(-n2ccc(C(F)(F)F)n2)cc1)N1CCCN(Cc2cscn2)CC1. The van der Waals surface area contributed by atoms with Crippen molar-refractivity contribution in [2.75, 3.05) is 26.2 Å². The van der Waals surface area contributed by atoms with Crippen molar-refractivity contribution in [2.45, 2.75) is 19.1 Å². The van der Waals surface area contributed by atoms with E-state index in [2.05, 4.69) is 15.0 Å². The van der Waals surface area contributed by atoms with Gasteiger partial charge in [0.15, 0.2) is 5.69 Å². The number of carbonyl (C=O) groups excluding carboxylic acids is 1. The predicted molar refractivity (Wildman–Crippen MR) is 106 cm³/mol. The summed E-state index contributed by atoms with van der Waals surface area (Å²) in [7, 11) is 0. The number of rotatable bonds is 4. The maximum Gasteiger partial charge on any atom is 0.435 e. The van der Waals surface area contributed by atoms with Crippen molar-refractivity contribution >= 4 is 17.2 Å².